The topological polar surface area (TPSA) is 121 Å². The van der Waals surface area contributed by atoms with Gasteiger partial charge in [0.05, 0.1) is 24.9 Å². The molecule has 3 heterocycles. The Bertz CT molecular complexity index is 1090. The summed E-state index contributed by atoms with van der Waals surface area (Å²) in [6.07, 6.45) is 3.58. The molecule has 1 aliphatic heterocycles. The van der Waals surface area contributed by atoms with E-state index in [1.807, 2.05) is 30.3 Å². The Kier molecular flexibility index (Phi) is 6.93. The van der Waals surface area contributed by atoms with Gasteiger partial charge in [-0.3, -0.25) is 14.6 Å². The maximum absolute atomic E-state index is 12.5. The van der Waals surface area contributed by atoms with E-state index in [4.69, 9.17) is 4.74 Å². The molecule has 1 aliphatic rings. The fraction of sp³-hybridized carbons (Fsp3) is 0.261. The summed E-state index contributed by atoms with van der Waals surface area (Å²) in [4.78, 5) is 30.6. The number of benzene rings is 1. The quantitative estimate of drug-likeness (QED) is 0.427. The van der Waals surface area contributed by atoms with Crippen molar-refractivity contribution < 1.29 is 14.3 Å². The molecule has 2 aromatic heterocycles. The lowest BCUT2D eigenvalue weighted by atomic mass is 10.1. The number of anilines is 4. The SMILES string of the molecule is COc1cccc(N2C[C@@H](C(=O)NCCNc3ccc(Nc4cccnc4)nn3)CC2=O)c1. The van der Waals surface area contributed by atoms with Crippen molar-refractivity contribution in [3.05, 3.63) is 60.9 Å². The first-order chi connectivity index (χ1) is 16.1. The fourth-order valence-corrected chi connectivity index (χ4v) is 3.51. The molecule has 1 saturated heterocycles. The van der Waals surface area contributed by atoms with Crippen LogP contribution >= 0.6 is 0 Å². The lowest BCUT2D eigenvalue weighted by Crippen LogP contribution is -2.35. The number of hydrogen-bond donors (Lipinski definition) is 3. The van der Waals surface area contributed by atoms with Gasteiger partial charge in [-0.15, -0.1) is 10.2 Å². The Morgan fingerprint density at radius 2 is 1.97 bits per heavy atom. The number of nitrogens with one attached hydrogen (secondary N) is 3. The summed E-state index contributed by atoms with van der Waals surface area (Å²) in [6, 6.07) is 14.6. The van der Waals surface area contributed by atoms with E-state index in [0.717, 1.165) is 11.4 Å². The van der Waals surface area contributed by atoms with Crippen molar-refractivity contribution >= 4 is 34.8 Å². The van der Waals surface area contributed by atoms with E-state index in [1.165, 1.54) is 0 Å². The van der Waals surface area contributed by atoms with Crippen LogP contribution in [0.5, 0.6) is 5.75 Å². The minimum Gasteiger partial charge on any atom is -0.497 e. The van der Waals surface area contributed by atoms with Gasteiger partial charge in [0.1, 0.15) is 11.6 Å². The van der Waals surface area contributed by atoms with Gasteiger partial charge in [-0.25, -0.2) is 0 Å². The van der Waals surface area contributed by atoms with Gasteiger partial charge in [0.25, 0.3) is 0 Å². The predicted molar refractivity (Wildman–Crippen MR) is 125 cm³/mol. The van der Waals surface area contributed by atoms with Crippen molar-refractivity contribution in [2.24, 2.45) is 5.92 Å². The summed E-state index contributed by atoms with van der Waals surface area (Å²) in [7, 11) is 1.58. The molecular weight excluding hydrogens is 422 g/mol. The number of rotatable bonds is 9. The first-order valence-corrected chi connectivity index (χ1v) is 10.6. The van der Waals surface area contributed by atoms with Crippen LogP contribution in [-0.2, 0) is 9.59 Å². The number of methoxy groups -OCH3 is 1. The second-order valence-electron chi connectivity index (χ2n) is 7.50. The molecule has 0 unspecified atom stereocenters. The lowest BCUT2D eigenvalue weighted by Gasteiger charge is -2.17. The number of ether oxygens (including phenoxy) is 1. The largest absolute Gasteiger partial charge is 0.497 e. The Labute approximate surface area is 191 Å². The van der Waals surface area contributed by atoms with Gasteiger partial charge in [0, 0.05) is 44.0 Å². The van der Waals surface area contributed by atoms with Crippen LogP contribution in [0.2, 0.25) is 0 Å². The van der Waals surface area contributed by atoms with Crippen molar-refractivity contribution in [3.8, 4) is 5.75 Å². The van der Waals surface area contributed by atoms with Gasteiger partial charge >= 0.3 is 0 Å². The van der Waals surface area contributed by atoms with E-state index in [-0.39, 0.29) is 24.2 Å². The molecule has 0 radical (unpaired) electrons. The van der Waals surface area contributed by atoms with Crippen molar-refractivity contribution in [3.63, 3.8) is 0 Å². The van der Waals surface area contributed by atoms with Crippen LogP contribution in [0.1, 0.15) is 6.42 Å². The third-order valence-electron chi connectivity index (χ3n) is 5.19. The van der Waals surface area contributed by atoms with E-state index in [0.29, 0.717) is 37.0 Å². The molecule has 3 N–H and O–H groups in total. The third kappa shape index (κ3) is 5.73. The van der Waals surface area contributed by atoms with Crippen molar-refractivity contribution in [2.75, 3.05) is 42.3 Å². The first-order valence-electron chi connectivity index (χ1n) is 10.6. The van der Waals surface area contributed by atoms with Gasteiger partial charge < -0.3 is 25.6 Å². The molecule has 1 aromatic carbocycles. The van der Waals surface area contributed by atoms with Crippen molar-refractivity contribution in [2.45, 2.75) is 6.42 Å². The molecule has 10 heteroatoms. The lowest BCUT2D eigenvalue weighted by molar-refractivity contribution is -0.126. The number of aromatic nitrogens is 3. The number of amides is 2. The third-order valence-corrected chi connectivity index (χ3v) is 5.19. The Balaban J connectivity index is 1.21. The standard InChI is InChI=1S/C23H25N7O3/c1-33-19-6-2-5-18(13-19)30-15-16(12-22(30)31)23(32)26-11-10-25-20-7-8-21(29-28-20)27-17-4-3-9-24-14-17/h2-9,13-14,16H,10-12,15H2,1H3,(H,25,28)(H,26,32)(H,27,29)/t16-/m0/s1. The first kappa shape index (κ1) is 22.0. The molecule has 2 amide bonds. The Hall–Kier alpha value is -4.21. The van der Waals surface area contributed by atoms with Crippen LogP contribution in [0, 0.1) is 5.92 Å². The van der Waals surface area contributed by atoms with Crippen LogP contribution in [-0.4, -0.2) is 53.7 Å². The molecule has 170 valence electrons. The van der Waals surface area contributed by atoms with Gasteiger partial charge in [0.2, 0.25) is 11.8 Å². The number of carbonyl (C=O) groups excluding carboxylic acids is 2. The normalized spacial score (nSPS) is 15.2. The zero-order chi connectivity index (χ0) is 23.0. The molecule has 1 fully saturated rings. The van der Waals surface area contributed by atoms with Crippen LogP contribution in [0.15, 0.2) is 60.9 Å². The predicted octanol–water partition coefficient (Wildman–Crippen LogP) is 2.20. The number of carbonyl (C=O) groups is 2. The van der Waals surface area contributed by atoms with Crippen molar-refractivity contribution in [1.29, 1.82) is 0 Å². The zero-order valence-electron chi connectivity index (χ0n) is 18.2. The summed E-state index contributed by atoms with van der Waals surface area (Å²) in [5, 5.41) is 17.3. The highest BCUT2D eigenvalue weighted by Gasteiger charge is 2.35. The second kappa shape index (κ2) is 10.4. The van der Waals surface area contributed by atoms with Crippen LogP contribution in [0.3, 0.4) is 0 Å². The summed E-state index contributed by atoms with van der Waals surface area (Å²) in [5.41, 5.74) is 1.56. The van der Waals surface area contributed by atoms with E-state index >= 15 is 0 Å². The highest BCUT2D eigenvalue weighted by molar-refractivity contribution is 6.00. The molecule has 4 rings (SSSR count). The highest BCUT2D eigenvalue weighted by atomic mass is 16.5. The number of hydrogen-bond acceptors (Lipinski definition) is 8. The Morgan fingerprint density at radius 1 is 1.12 bits per heavy atom. The molecule has 0 saturated carbocycles. The number of nitrogens with zero attached hydrogens (tertiary/aromatic N) is 4. The molecule has 0 aliphatic carbocycles. The molecule has 10 nitrogen and oxygen atoms in total. The smallest absolute Gasteiger partial charge is 0.227 e. The maximum Gasteiger partial charge on any atom is 0.227 e. The average molecular weight is 447 g/mol. The molecular formula is C23H25N7O3. The summed E-state index contributed by atoms with van der Waals surface area (Å²) >= 11 is 0. The molecule has 0 bridgehead atoms. The highest BCUT2D eigenvalue weighted by Crippen LogP contribution is 2.27. The second-order valence-corrected chi connectivity index (χ2v) is 7.50. The van der Waals surface area contributed by atoms with E-state index in [1.54, 1.807) is 42.6 Å². The monoisotopic (exact) mass is 447 g/mol. The van der Waals surface area contributed by atoms with E-state index in [9.17, 15) is 9.59 Å². The van der Waals surface area contributed by atoms with Gasteiger partial charge in [-0.1, -0.05) is 6.07 Å². The average Bonchev–Trinajstić information content (AvgIpc) is 3.25. The van der Waals surface area contributed by atoms with E-state index < -0.39 is 0 Å². The van der Waals surface area contributed by atoms with Crippen LogP contribution in [0.25, 0.3) is 0 Å². The summed E-state index contributed by atoms with van der Waals surface area (Å²) in [6.45, 7) is 1.23. The van der Waals surface area contributed by atoms with Crippen LogP contribution in [0.4, 0.5) is 23.0 Å². The van der Waals surface area contributed by atoms with Gasteiger partial charge in [-0.2, -0.15) is 0 Å². The molecule has 3 aromatic rings. The fourth-order valence-electron chi connectivity index (χ4n) is 3.51. The summed E-state index contributed by atoms with van der Waals surface area (Å²) in [5.74, 6) is 1.27. The minimum absolute atomic E-state index is 0.0724. The minimum atomic E-state index is -0.388. The van der Waals surface area contributed by atoms with E-state index in [2.05, 4.69) is 31.1 Å². The Morgan fingerprint density at radius 3 is 2.73 bits per heavy atom. The van der Waals surface area contributed by atoms with Crippen molar-refractivity contribution in [1.82, 2.24) is 20.5 Å². The molecule has 33 heavy (non-hydrogen) atoms. The molecule has 0 spiro atoms. The van der Waals surface area contributed by atoms with Gasteiger partial charge in [-0.05, 0) is 36.4 Å². The zero-order valence-corrected chi connectivity index (χ0v) is 18.2. The number of pyridine rings is 1. The molecule has 1 atom stereocenters. The maximum atomic E-state index is 12.5. The summed E-state index contributed by atoms with van der Waals surface area (Å²) < 4.78 is 5.22. The van der Waals surface area contributed by atoms with Crippen LogP contribution < -0.4 is 25.6 Å². The van der Waals surface area contributed by atoms with Gasteiger partial charge in [0.15, 0.2) is 5.82 Å².